The quantitative estimate of drug-likeness (QED) is 0.231. The van der Waals surface area contributed by atoms with E-state index in [0.717, 1.165) is 38.5 Å². The SMILES string of the molecule is CCCCOC1=CC(=O)/C(=C2/N=c3[nH]/c(=C4/C=CC(OCCCC)=CC4=O)nc4[nH]/c(=C5/C=CC(OCCCC)=CC5=O)[nH]c(n3-4)=N2)C=C1. The van der Waals surface area contributed by atoms with Gasteiger partial charge in [-0.25, -0.2) is 4.57 Å². The molecule has 6 aliphatic rings. The van der Waals surface area contributed by atoms with Gasteiger partial charge in [0.2, 0.25) is 17.2 Å². The number of hydrogen-bond donors (Lipinski definition) is 3. The molecule has 0 unspecified atom stereocenters. The third kappa shape index (κ3) is 7.40. The van der Waals surface area contributed by atoms with Gasteiger partial charge in [0.25, 0.3) is 0 Å². The Balaban J connectivity index is 1.50. The second-order valence-corrected chi connectivity index (χ2v) is 11.6. The average molecular weight is 666 g/mol. The fourth-order valence-electron chi connectivity index (χ4n) is 5.17. The number of ether oxygens (including phenoxy) is 3. The minimum Gasteiger partial charge on any atom is -0.493 e. The highest BCUT2D eigenvalue weighted by Crippen LogP contribution is 2.20. The van der Waals surface area contributed by atoms with Crippen LogP contribution in [-0.2, 0) is 28.6 Å². The molecule has 0 amide bonds. The third-order valence-corrected chi connectivity index (χ3v) is 7.90. The van der Waals surface area contributed by atoms with Crippen molar-refractivity contribution in [2.75, 3.05) is 19.8 Å². The first-order chi connectivity index (χ1) is 23.9. The normalized spacial score (nSPS) is 20.5. The maximum atomic E-state index is 13.3. The minimum atomic E-state index is -0.320. The Morgan fingerprint density at radius 2 is 1.06 bits per heavy atom. The summed E-state index contributed by atoms with van der Waals surface area (Å²) >= 11 is 0. The van der Waals surface area contributed by atoms with Crippen LogP contribution in [0.2, 0.25) is 0 Å². The summed E-state index contributed by atoms with van der Waals surface area (Å²) in [7, 11) is 0. The van der Waals surface area contributed by atoms with E-state index in [4.69, 9.17) is 19.2 Å². The van der Waals surface area contributed by atoms with Gasteiger partial charge in [0.15, 0.2) is 23.2 Å². The van der Waals surface area contributed by atoms with Gasteiger partial charge in [-0.2, -0.15) is 15.0 Å². The van der Waals surface area contributed by atoms with E-state index in [1.54, 1.807) is 41.0 Å². The summed E-state index contributed by atoms with van der Waals surface area (Å²) in [6.45, 7) is 7.72. The molecule has 0 bridgehead atoms. The molecule has 0 spiro atoms. The number of rotatable bonds is 12. The number of carbonyl (C=O) groups is 3. The fourth-order valence-corrected chi connectivity index (χ4v) is 5.17. The van der Waals surface area contributed by atoms with Crippen LogP contribution in [-0.4, -0.2) is 61.7 Å². The molecule has 0 atom stereocenters. The van der Waals surface area contributed by atoms with E-state index < -0.39 is 0 Å². The van der Waals surface area contributed by atoms with Crippen molar-refractivity contribution >= 4 is 28.5 Å². The van der Waals surface area contributed by atoms with Crippen LogP contribution < -0.4 is 22.2 Å². The predicted octanol–water partition coefficient (Wildman–Crippen LogP) is 2.70. The molecule has 3 aliphatic carbocycles. The van der Waals surface area contributed by atoms with E-state index in [-0.39, 0.29) is 57.0 Å². The van der Waals surface area contributed by atoms with Gasteiger partial charge in [-0.1, -0.05) is 40.0 Å². The lowest BCUT2D eigenvalue weighted by Crippen LogP contribution is -2.49. The molecule has 0 aromatic rings. The minimum absolute atomic E-state index is 0.122. The average Bonchev–Trinajstić information content (AvgIpc) is 3.08. The third-order valence-electron chi connectivity index (χ3n) is 7.90. The lowest BCUT2D eigenvalue weighted by molar-refractivity contribution is -0.111. The number of hydrogen-bond acceptors (Lipinski definition) is 9. The first-order valence-electron chi connectivity index (χ1n) is 16.7. The van der Waals surface area contributed by atoms with Crippen LogP contribution in [0.25, 0.3) is 17.1 Å². The topological polar surface area (TPSA) is 169 Å². The van der Waals surface area contributed by atoms with Gasteiger partial charge in [0, 0.05) is 18.2 Å². The summed E-state index contributed by atoms with van der Waals surface area (Å²) in [5.74, 6) is 0.869. The number of unbranched alkanes of at least 4 members (excludes halogenated alkanes) is 3. The molecule has 3 N–H and O–H groups in total. The van der Waals surface area contributed by atoms with Crippen LogP contribution in [0.15, 0.2) is 93.3 Å². The Morgan fingerprint density at radius 3 is 1.55 bits per heavy atom. The van der Waals surface area contributed by atoms with Crippen LogP contribution in [0.3, 0.4) is 0 Å². The highest BCUT2D eigenvalue weighted by Gasteiger charge is 2.22. The van der Waals surface area contributed by atoms with E-state index in [1.807, 2.05) is 0 Å². The van der Waals surface area contributed by atoms with E-state index in [1.165, 1.54) is 18.2 Å². The smallest absolute Gasteiger partial charge is 0.220 e. The van der Waals surface area contributed by atoms with Crippen molar-refractivity contribution in [2.24, 2.45) is 9.98 Å². The lowest BCUT2D eigenvalue weighted by atomic mass is 10.1. The largest absolute Gasteiger partial charge is 0.493 e. The van der Waals surface area contributed by atoms with Crippen molar-refractivity contribution in [1.82, 2.24) is 24.5 Å². The molecule has 3 aliphatic heterocycles. The number of aromatic amines is 3. The number of nitrogens with one attached hydrogen (secondary N) is 3. The number of carbonyl (C=O) groups excluding carboxylic acids is 3. The maximum Gasteiger partial charge on any atom is 0.220 e. The summed E-state index contributed by atoms with van der Waals surface area (Å²) in [4.78, 5) is 63.4. The molecule has 0 aromatic carbocycles. The van der Waals surface area contributed by atoms with E-state index in [9.17, 15) is 14.4 Å². The molecule has 254 valence electrons. The second kappa shape index (κ2) is 15.0. The number of aromatic nitrogens is 5. The summed E-state index contributed by atoms with van der Waals surface area (Å²) in [5, 5.41) is 0. The van der Waals surface area contributed by atoms with Crippen molar-refractivity contribution in [2.45, 2.75) is 59.3 Å². The summed E-state index contributed by atoms with van der Waals surface area (Å²) in [5.41, 5.74) is 1.85. The summed E-state index contributed by atoms with van der Waals surface area (Å²) < 4.78 is 18.7. The van der Waals surface area contributed by atoms with Crippen molar-refractivity contribution in [3.63, 3.8) is 0 Å². The van der Waals surface area contributed by atoms with Gasteiger partial charge in [-0.3, -0.25) is 14.4 Å². The molecule has 0 saturated carbocycles. The molecule has 0 aromatic heterocycles. The molecular weight excluding hydrogens is 626 g/mol. The molecule has 0 saturated heterocycles. The molecule has 0 radical (unpaired) electrons. The zero-order valence-corrected chi connectivity index (χ0v) is 27.8. The maximum absolute atomic E-state index is 13.3. The standard InChI is InChI=1S/C36H39N7O6/c1-4-7-16-47-22-10-13-25(28(44)19-22)31-37-34-39-32(26-14-11-23(20-29(26)45)48-17-8-5-2)41-36-42-33(40-35(38-31)43(34)36)27-15-12-24(21-30(27)46)49-18-9-6-3/h10-15,19-21H,4-9,16-18H2,1-3H3,(H,37,39)(H,38,40)(H,41,42)/b31-25-,32-26+,33-27-. The number of ketones is 3. The van der Waals surface area contributed by atoms with Gasteiger partial charge in [0.05, 0.1) is 36.5 Å². The molecule has 0 fully saturated rings. The Labute approximate surface area is 281 Å². The number of allylic oxidation sites excluding steroid dienone is 10. The molecule has 13 heteroatoms. The molecule has 13 nitrogen and oxygen atoms in total. The van der Waals surface area contributed by atoms with Gasteiger partial charge >= 0.3 is 0 Å². The highest BCUT2D eigenvalue weighted by atomic mass is 16.5. The zero-order valence-electron chi connectivity index (χ0n) is 27.8. The Hall–Kier alpha value is -5.72. The van der Waals surface area contributed by atoms with Crippen molar-refractivity contribution < 1.29 is 28.6 Å². The number of nitrogens with zero attached hydrogens (tertiary/aromatic N) is 4. The Morgan fingerprint density at radius 1 is 0.592 bits per heavy atom. The zero-order chi connectivity index (χ0) is 34.3. The van der Waals surface area contributed by atoms with Crippen molar-refractivity contribution in [3.05, 3.63) is 106 Å². The van der Waals surface area contributed by atoms with E-state index >= 15 is 0 Å². The van der Waals surface area contributed by atoms with Gasteiger partial charge in [-0.05, 0) is 55.7 Å². The molecular formula is C36H39N7O6. The van der Waals surface area contributed by atoms with Gasteiger partial charge in [0.1, 0.15) is 28.2 Å². The summed E-state index contributed by atoms with van der Waals surface area (Å²) in [6, 6.07) is 0. The second-order valence-electron chi connectivity index (χ2n) is 11.6. The first-order valence-corrected chi connectivity index (χ1v) is 16.7. The summed E-state index contributed by atoms with van der Waals surface area (Å²) in [6.07, 6.45) is 19.9. The van der Waals surface area contributed by atoms with Crippen LogP contribution >= 0.6 is 0 Å². The lowest BCUT2D eigenvalue weighted by Gasteiger charge is -2.17. The predicted molar refractivity (Wildman–Crippen MR) is 180 cm³/mol. The Bertz CT molecular complexity index is 2050. The first kappa shape index (κ1) is 33.2. The van der Waals surface area contributed by atoms with Crippen LogP contribution in [0.1, 0.15) is 59.3 Å². The van der Waals surface area contributed by atoms with Crippen molar-refractivity contribution in [1.29, 1.82) is 0 Å². The van der Waals surface area contributed by atoms with Crippen LogP contribution in [0.5, 0.6) is 0 Å². The molecule has 3 heterocycles. The monoisotopic (exact) mass is 665 g/mol. The number of H-pyrrole nitrogens is 3. The highest BCUT2D eigenvalue weighted by molar-refractivity contribution is 6.25. The van der Waals surface area contributed by atoms with Crippen LogP contribution in [0.4, 0.5) is 0 Å². The van der Waals surface area contributed by atoms with E-state index in [2.05, 4.69) is 45.7 Å². The van der Waals surface area contributed by atoms with E-state index in [0.29, 0.717) is 48.2 Å². The molecule has 6 rings (SSSR count). The molecule has 49 heavy (non-hydrogen) atoms. The Kier molecular flexibility index (Phi) is 10.2. The van der Waals surface area contributed by atoms with Gasteiger partial charge in [-0.15, -0.1) is 0 Å². The van der Waals surface area contributed by atoms with Gasteiger partial charge < -0.3 is 29.2 Å². The van der Waals surface area contributed by atoms with Crippen LogP contribution in [0, 0.1) is 0 Å². The fraction of sp³-hybridized carbons (Fsp3) is 0.333. The van der Waals surface area contributed by atoms with Crippen molar-refractivity contribution in [3.8, 4) is 5.95 Å².